The van der Waals surface area contributed by atoms with Crippen molar-refractivity contribution in [3.63, 3.8) is 0 Å². The van der Waals surface area contributed by atoms with Crippen LogP contribution >= 0.6 is 11.8 Å². The van der Waals surface area contributed by atoms with Crippen LogP contribution in [-0.4, -0.2) is 42.9 Å². The second-order valence-corrected chi connectivity index (χ2v) is 4.76. The number of thioether (sulfide) groups is 1. The minimum atomic E-state index is -4.54. The first kappa shape index (κ1) is 16.1. The summed E-state index contributed by atoms with van der Waals surface area (Å²) in [6, 6.07) is 0. The van der Waals surface area contributed by atoms with Crippen LogP contribution in [0.2, 0.25) is 0 Å². The molecule has 0 atom stereocenters. The van der Waals surface area contributed by atoms with Gasteiger partial charge in [0.1, 0.15) is 5.82 Å². The van der Waals surface area contributed by atoms with E-state index in [2.05, 4.69) is 4.99 Å². The number of nitrogens with zero attached hydrogens (tertiary/aromatic N) is 2. The number of nitrogens with one attached hydrogen (secondary N) is 1. The Hall–Kier alpha value is 0.0700. The van der Waals surface area contributed by atoms with Crippen molar-refractivity contribution in [2.45, 2.75) is 0 Å². The molecule has 1 aliphatic rings. The van der Waals surface area contributed by atoms with Crippen molar-refractivity contribution < 1.29 is 42.5 Å². The topological polar surface area (TPSA) is 111 Å². The zero-order chi connectivity index (χ0) is 11.6. The summed E-state index contributed by atoms with van der Waals surface area (Å²) in [5.41, 5.74) is 5.60. The first-order chi connectivity index (χ1) is 6.83. The standard InChI is InChI=1S/C6H12N4O3S2.Na/c1-10-3-4(9-15(11,12)13)5(7)8-6(10)14-2;/h9H,3,7H2,1-2H3,(H,11,12,13);/q;+1/p-1. The third-order valence-electron chi connectivity index (χ3n) is 1.68. The summed E-state index contributed by atoms with van der Waals surface area (Å²) in [6.45, 7) is 0.215. The van der Waals surface area contributed by atoms with Gasteiger partial charge in [0.15, 0.2) is 15.5 Å². The van der Waals surface area contributed by atoms with Crippen LogP contribution in [-0.2, 0) is 10.3 Å². The largest absolute Gasteiger partial charge is 1.00 e. The van der Waals surface area contributed by atoms with E-state index in [9.17, 15) is 13.0 Å². The molecular weight excluding hydrogens is 263 g/mol. The van der Waals surface area contributed by atoms with Crippen LogP contribution in [0.3, 0.4) is 0 Å². The van der Waals surface area contributed by atoms with Crippen molar-refractivity contribution in [2.24, 2.45) is 10.7 Å². The number of amidine groups is 1. The van der Waals surface area contributed by atoms with E-state index in [1.54, 1.807) is 16.7 Å². The fourth-order valence-electron chi connectivity index (χ4n) is 1.08. The molecule has 0 spiro atoms. The number of hydrogen-bond donors (Lipinski definition) is 2. The molecule has 0 fully saturated rings. The molecule has 0 aromatic rings. The molecule has 1 aliphatic heterocycles. The minimum Gasteiger partial charge on any atom is -0.731 e. The molecule has 0 unspecified atom stereocenters. The fraction of sp³-hybridized carbons (Fsp3) is 0.500. The van der Waals surface area contributed by atoms with Crippen LogP contribution in [0.5, 0.6) is 0 Å². The van der Waals surface area contributed by atoms with Crippen LogP contribution in [0.15, 0.2) is 16.5 Å². The Morgan fingerprint density at radius 1 is 1.62 bits per heavy atom. The summed E-state index contributed by atoms with van der Waals surface area (Å²) in [5.74, 6) is 0.0249. The average molecular weight is 274 g/mol. The molecule has 3 N–H and O–H groups in total. The first-order valence-corrected chi connectivity index (χ1v) is 6.53. The Balaban J connectivity index is 0.00000225. The van der Waals surface area contributed by atoms with Crippen molar-refractivity contribution >= 4 is 27.2 Å². The van der Waals surface area contributed by atoms with Gasteiger partial charge in [0.25, 0.3) is 0 Å². The Labute approximate surface area is 121 Å². The number of hydrogen-bond acceptors (Lipinski definition) is 7. The van der Waals surface area contributed by atoms with Gasteiger partial charge in [-0.1, -0.05) is 11.8 Å². The first-order valence-electron chi connectivity index (χ1n) is 3.89. The zero-order valence-corrected chi connectivity index (χ0v) is 12.9. The van der Waals surface area contributed by atoms with Gasteiger partial charge < -0.3 is 15.2 Å². The molecule has 0 aliphatic carbocycles. The molecule has 0 aromatic heterocycles. The Bertz CT molecular complexity index is 419. The maximum absolute atomic E-state index is 10.5. The monoisotopic (exact) mass is 274 g/mol. The molecule has 16 heavy (non-hydrogen) atoms. The summed E-state index contributed by atoms with van der Waals surface area (Å²) in [5, 5.41) is 0.668. The predicted octanol–water partition coefficient (Wildman–Crippen LogP) is -4.17. The van der Waals surface area contributed by atoms with Gasteiger partial charge in [-0.3, -0.25) is 4.72 Å². The molecular formula is C6H11N4NaO3S2. The molecule has 1 heterocycles. The molecule has 7 nitrogen and oxygen atoms in total. The Morgan fingerprint density at radius 3 is 2.62 bits per heavy atom. The van der Waals surface area contributed by atoms with E-state index in [1.165, 1.54) is 11.8 Å². The van der Waals surface area contributed by atoms with Gasteiger partial charge in [-0.2, -0.15) is 0 Å². The average Bonchev–Trinajstić information content (AvgIpc) is 2.08. The Morgan fingerprint density at radius 2 is 2.19 bits per heavy atom. The third-order valence-corrected chi connectivity index (χ3v) is 2.94. The van der Waals surface area contributed by atoms with Crippen LogP contribution in [0.4, 0.5) is 0 Å². The van der Waals surface area contributed by atoms with Gasteiger partial charge in [0, 0.05) is 7.05 Å². The molecule has 1 rings (SSSR count). The smallest absolute Gasteiger partial charge is 0.731 e. The van der Waals surface area contributed by atoms with Crippen molar-refractivity contribution in [1.82, 2.24) is 9.62 Å². The van der Waals surface area contributed by atoms with E-state index in [1.807, 2.05) is 6.26 Å². The van der Waals surface area contributed by atoms with E-state index in [0.29, 0.717) is 5.17 Å². The van der Waals surface area contributed by atoms with Crippen molar-refractivity contribution in [1.29, 1.82) is 0 Å². The molecule has 86 valence electrons. The number of likely N-dealkylation sites (N-methyl/N-ethyl adjacent to an activating group) is 1. The Kier molecular flexibility index (Phi) is 6.15. The van der Waals surface area contributed by atoms with Crippen LogP contribution in [0, 0.1) is 0 Å². The normalized spacial score (nSPS) is 16.7. The van der Waals surface area contributed by atoms with E-state index in [4.69, 9.17) is 5.73 Å². The van der Waals surface area contributed by atoms with Gasteiger partial charge in [-0.05, 0) is 6.26 Å². The summed E-state index contributed by atoms with van der Waals surface area (Å²) < 4.78 is 33.2. The van der Waals surface area contributed by atoms with Crippen molar-refractivity contribution in [2.75, 3.05) is 19.8 Å². The second kappa shape index (κ2) is 6.12. The second-order valence-electron chi connectivity index (χ2n) is 2.87. The maximum Gasteiger partial charge on any atom is 1.00 e. The van der Waals surface area contributed by atoms with Crippen LogP contribution in [0.25, 0.3) is 0 Å². The van der Waals surface area contributed by atoms with Crippen LogP contribution < -0.4 is 40.0 Å². The molecule has 10 heteroatoms. The number of aliphatic imine (C=N–C) groups is 1. The van der Waals surface area contributed by atoms with Gasteiger partial charge in [-0.25, -0.2) is 13.4 Å². The van der Waals surface area contributed by atoms with E-state index >= 15 is 0 Å². The molecule has 0 bridgehead atoms. The quantitative estimate of drug-likeness (QED) is 0.390. The SMILES string of the molecule is CSC1=NC(N)=C(NS(=O)(=O)[O-])CN1C.[Na+]. The predicted molar refractivity (Wildman–Crippen MR) is 57.6 cm³/mol. The van der Waals surface area contributed by atoms with Gasteiger partial charge in [-0.15, -0.1) is 0 Å². The number of nitrogens with two attached hydrogens (primary N) is 1. The minimum absolute atomic E-state index is 0. The maximum atomic E-state index is 10.5. The van der Waals surface area contributed by atoms with Gasteiger partial charge in [0.05, 0.1) is 12.2 Å². The van der Waals surface area contributed by atoms with Gasteiger partial charge in [0.2, 0.25) is 0 Å². The third kappa shape index (κ3) is 4.52. The van der Waals surface area contributed by atoms with Crippen molar-refractivity contribution in [3.05, 3.63) is 11.5 Å². The zero-order valence-electron chi connectivity index (χ0n) is 9.22. The molecule has 0 saturated heterocycles. The van der Waals surface area contributed by atoms with Gasteiger partial charge >= 0.3 is 29.6 Å². The summed E-state index contributed by atoms with van der Waals surface area (Å²) in [4.78, 5) is 5.63. The van der Waals surface area contributed by atoms with E-state index in [-0.39, 0.29) is 47.6 Å². The summed E-state index contributed by atoms with van der Waals surface area (Å²) in [7, 11) is -2.82. The van der Waals surface area contributed by atoms with E-state index < -0.39 is 10.3 Å². The molecule has 0 amide bonds. The molecule has 0 aromatic carbocycles. The number of rotatable bonds is 2. The summed E-state index contributed by atoms with van der Waals surface area (Å²) in [6.07, 6.45) is 1.82. The molecule has 0 saturated carbocycles. The fourth-order valence-corrected chi connectivity index (χ4v) is 2.12. The molecule has 0 radical (unpaired) electrons. The van der Waals surface area contributed by atoms with E-state index in [0.717, 1.165) is 0 Å². The van der Waals surface area contributed by atoms with Crippen LogP contribution in [0.1, 0.15) is 0 Å². The van der Waals surface area contributed by atoms with Crippen molar-refractivity contribution in [3.8, 4) is 0 Å². The summed E-state index contributed by atoms with van der Waals surface area (Å²) >= 11 is 1.38.